The highest BCUT2D eigenvalue weighted by atomic mass is 35.5. The summed E-state index contributed by atoms with van der Waals surface area (Å²) in [5, 5.41) is 0.494. The minimum atomic E-state index is -3.47. The van der Waals surface area contributed by atoms with E-state index in [-0.39, 0.29) is 11.5 Å². The topological polar surface area (TPSA) is 52.6 Å². The zero-order chi connectivity index (χ0) is 24.5. The first kappa shape index (κ1) is 11.3. The number of hydrogen-bond donors (Lipinski definition) is 0. The minimum Gasteiger partial charge on any atom is -0.476 e. The van der Waals surface area contributed by atoms with Crippen LogP contribution in [0, 0.1) is 0 Å². The van der Waals surface area contributed by atoms with Crippen LogP contribution in [0.5, 0.6) is 5.75 Å². The average molecular weight is 368 g/mol. The van der Waals surface area contributed by atoms with Gasteiger partial charge in [-0.25, -0.2) is 4.79 Å². The number of hydrogen-bond acceptors (Lipinski definition) is 4. The van der Waals surface area contributed by atoms with Crippen molar-refractivity contribution in [3.63, 3.8) is 0 Å². The van der Waals surface area contributed by atoms with Crippen molar-refractivity contribution in [3.8, 4) is 5.75 Å². The summed E-state index contributed by atoms with van der Waals surface area (Å²) in [6.45, 7) is -4.37. The molecule has 5 heteroatoms. The van der Waals surface area contributed by atoms with Gasteiger partial charge in [0.05, 0.1) is 7.45 Å². The second-order valence-electron chi connectivity index (χ2n) is 5.69. The highest BCUT2D eigenvalue weighted by Gasteiger charge is 2.32. The van der Waals surface area contributed by atoms with Gasteiger partial charge in [-0.3, -0.25) is 4.79 Å². The highest BCUT2D eigenvalue weighted by molar-refractivity contribution is 6.30. The lowest BCUT2D eigenvalue weighted by Gasteiger charge is -2.25. The van der Waals surface area contributed by atoms with E-state index in [2.05, 4.69) is 4.74 Å². The van der Waals surface area contributed by atoms with Crippen LogP contribution in [0.15, 0.2) is 48.5 Å². The van der Waals surface area contributed by atoms with Gasteiger partial charge in [0.15, 0.2) is 11.4 Å². The Kier molecular flexibility index (Phi) is 3.49. The van der Waals surface area contributed by atoms with Gasteiger partial charge in [-0.15, -0.1) is 0 Å². The van der Waals surface area contributed by atoms with Gasteiger partial charge in [0.25, 0.3) is 0 Å². The molecule has 0 unspecified atom stereocenters. The number of carbonyl (C=O) groups excluding carboxylic acids is 2. The molecule has 2 aromatic rings. The van der Waals surface area contributed by atoms with E-state index in [0.717, 1.165) is 0 Å². The van der Waals surface area contributed by atoms with Gasteiger partial charge in [0.2, 0.25) is 0 Å². The number of benzene rings is 2. The van der Waals surface area contributed by atoms with E-state index < -0.39 is 31.4 Å². The molecule has 25 heavy (non-hydrogen) atoms. The van der Waals surface area contributed by atoms with Gasteiger partial charge in [0, 0.05) is 24.4 Å². The Morgan fingerprint density at radius 2 is 1.56 bits per heavy atom. The predicted octanol–water partition coefficient (Wildman–Crippen LogP) is 4.68. The monoisotopic (exact) mass is 367 g/mol. The fourth-order valence-electron chi connectivity index (χ4n) is 1.99. The molecule has 0 amide bonds. The summed E-state index contributed by atoms with van der Waals surface area (Å²) in [6.07, 6.45) is -3.47. The Morgan fingerprint density at radius 1 is 1.04 bits per heavy atom. The van der Waals surface area contributed by atoms with Gasteiger partial charge in [-0.2, -0.15) is 0 Å². The van der Waals surface area contributed by atoms with Crippen LogP contribution in [0.3, 0.4) is 0 Å². The van der Waals surface area contributed by atoms with E-state index in [0.29, 0.717) is 16.1 Å². The lowest BCUT2D eigenvalue weighted by atomic mass is 10.0. The molecule has 0 aliphatic carbocycles. The molecule has 0 radical (unpaired) electrons. The Hall–Kier alpha value is -2.33. The van der Waals surface area contributed by atoms with E-state index in [9.17, 15) is 9.59 Å². The molecule has 0 aromatic heterocycles. The second-order valence-corrected chi connectivity index (χ2v) is 6.13. The first-order valence-electron chi connectivity index (χ1n) is 10.8. The van der Waals surface area contributed by atoms with E-state index >= 15 is 0 Å². The number of ether oxygens (including phenoxy) is 2. The second kappa shape index (κ2) is 7.70. The van der Waals surface area contributed by atoms with Crippen LogP contribution >= 0.6 is 11.6 Å². The zero-order valence-electron chi connectivity index (χ0n) is 20.6. The van der Waals surface area contributed by atoms with Crippen molar-refractivity contribution in [2.45, 2.75) is 39.2 Å². The molecule has 0 N–H and O–H groups in total. The van der Waals surface area contributed by atoms with Gasteiger partial charge >= 0.3 is 5.97 Å². The first-order valence-corrected chi connectivity index (χ1v) is 7.68. The van der Waals surface area contributed by atoms with Crippen molar-refractivity contribution in [1.29, 1.82) is 0 Å². The van der Waals surface area contributed by atoms with Crippen molar-refractivity contribution < 1.29 is 28.7 Å². The predicted molar refractivity (Wildman–Crippen MR) is 97.3 cm³/mol. The molecule has 2 rings (SSSR count). The number of halogens is 1. The molecule has 0 fully saturated rings. The van der Waals surface area contributed by atoms with Crippen LogP contribution < -0.4 is 4.74 Å². The lowest BCUT2D eigenvalue weighted by molar-refractivity contribution is -0.163. The Balaban J connectivity index is 2.18. The van der Waals surface area contributed by atoms with Crippen molar-refractivity contribution in [3.05, 3.63) is 64.7 Å². The highest BCUT2D eigenvalue weighted by Crippen LogP contribution is 2.22. The standard InChI is InChI=1S/C20H21ClO4/c1-13(2)24-19(23)20(3,4)25-17-11-7-15(8-12-17)18(22)14-5-9-16(21)10-6-14/h5-13H,1-4H3/i1D3,2D3,13D. The fraction of sp³-hybridized carbons (Fsp3) is 0.300. The van der Waals surface area contributed by atoms with E-state index in [1.165, 1.54) is 38.1 Å². The summed E-state index contributed by atoms with van der Waals surface area (Å²) in [5.74, 6) is -1.47. The van der Waals surface area contributed by atoms with Gasteiger partial charge in [-0.05, 0) is 76.1 Å². The molecular weight excluding hydrogens is 340 g/mol. The molecule has 0 aliphatic rings. The number of carbonyl (C=O) groups is 2. The van der Waals surface area contributed by atoms with E-state index in [1.54, 1.807) is 24.3 Å². The first-order chi connectivity index (χ1) is 14.5. The third-order valence-corrected chi connectivity index (χ3v) is 3.53. The van der Waals surface area contributed by atoms with Crippen LogP contribution in [0.2, 0.25) is 5.02 Å². The van der Waals surface area contributed by atoms with Crippen LogP contribution in [-0.4, -0.2) is 23.4 Å². The maximum absolute atomic E-state index is 12.5. The maximum Gasteiger partial charge on any atom is 0.350 e. The van der Waals surface area contributed by atoms with Crippen LogP contribution in [0.25, 0.3) is 0 Å². The quantitative estimate of drug-likeness (QED) is 0.549. The van der Waals surface area contributed by atoms with Crippen molar-refractivity contribution in [2.24, 2.45) is 0 Å². The summed E-state index contributed by atoms with van der Waals surface area (Å²) in [6, 6.07) is 12.1. The molecule has 0 atom stereocenters. The van der Waals surface area contributed by atoms with Crippen molar-refractivity contribution >= 4 is 23.4 Å². The van der Waals surface area contributed by atoms with Gasteiger partial charge in [-0.1, -0.05) is 11.6 Å². The number of rotatable bonds is 6. The van der Waals surface area contributed by atoms with E-state index in [4.69, 9.17) is 25.9 Å². The molecule has 0 saturated carbocycles. The summed E-state index contributed by atoms with van der Waals surface area (Å²) in [7, 11) is 0. The Labute approximate surface area is 162 Å². The van der Waals surface area contributed by atoms with Crippen LogP contribution in [-0.2, 0) is 9.53 Å². The Morgan fingerprint density at radius 3 is 2.08 bits per heavy atom. The fourth-order valence-corrected chi connectivity index (χ4v) is 2.12. The maximum atomic E-state index is 12.5. The Bertz CT molecular complexity index is 967. The summed E-state index contributed by atoms with van der Waals surface area (Å²) < 4.78 is 62.0. The molecular formula is C20H21ClO4. The molecule has 132 valence electrons. The third-order valence-electron chi connectivity index (χ3n) is 3.28. The van der Waals surface area contributed by atoms with Crippen molar-refractivity contribution in [2.75, 3.05) is 0 Å². The average Bonchev–Trinajstić information content (AvgIpc) is 2.66. The molecule has 0 bridgehead atoms. The molecule has 0 saturated heterocycles. The van der Waals surface area contributed by atoms with Crippen LogP contribution in [0.1, 0.15) is 53.1 Å². The van der Waals surface area contributed by atoms with E-state index in [1.807, 2.05) is 0 Å². The SMILES string of the molecule is [2H]C([2H])([2H])C([2H])(OC(=O)C(C)(C)Oc1ccc(C(=O)c2ccc(Cl)cc2)cc1)C([2H])([2H])[2H]. The van der Waals surface area contributed by atoms with Crippen molar-refractivity contribution in [1.82, 2.24) is 0 Å². The normalized spacial score (nSPS) is 16.8. The summed E-state index contributed by atoms with van der Waals surface area (Å²) in [5.41, 5.74) is -1.06. The van der Waals surface area contributed by atoms with Crippen LogP contribution in [0.4, 0.5) is 0 Å². The molecule has 0 heterocycles. The van der Waals surface area contributed by atoms with Gasteiger partial charge < -0.3 is 9.47 Å². The number of esters is 1. The molecule has 0 aliphatic heterocycles. The molecule has 2 aromatic carbocycles. The number of ketones is 1. The third kappa shape index (κ3) is 5.07. The molecule has 4 nitrogen and oxygen atoms in total. The van der Waals surface area contributed by atoms with Gasteiger partial charge in [0.1, 0.15) is 5.75 Å². The lowest BCUT2D eigenvalue weighted by Crippen LogP contribution is -2.40. The summed E-state index contributed by atoms with van der Waals surface area (Å²) in [4.78, 5) is 25.1. The zero-order valence-corrected chi connectivity index (χ0v) is 14.4. The summed E-state index contributed by atoms with van der Waals surface area (Å²) >= 11 is 5.82. The smallest absolute Gasteiger partial charge is 0.350 e. The molecule has 0 spiro atoms. The largest absolute Gasteiger partial charge is 0.476 e. The minimum absolute atomic E-state index is 0.137.